The number of aryl methyl sites for hydroxylation is 1. The molecule has 0 radical (unpaired) electrons. The van der Waals surface area contributed by atoms with Gasteiger partial charge in [-0.15, -0.1) is 0 Å². The molecule has 0 unspecified atom stereocenters. The van der Waals surface area contributed by atoms with Crippen LogP contribution in [-0.4, -0.2) is 39.9 Å². The molecule has 1 aromatic carbocycles. The summed E-state index contributed by atoms with van der Waals surface area (Å²) in [6.45, 7) is 1.37. The van der Waals surface area contributed by atoms with Crippen LogP contribution in [0.4, 0.5) is 5.69 Å². The number of anilines is 1. The molecule has 0 saturated carbocycles. The van der Waals surface area contributed by atoms with Gasteiger partial charge in [0, 0.05) is 24.3 Å². The van der Waals surface area contributed by atoms with Gasteiger partial charge in [0.05, 0.1) is 11.4 Å². The standard InChI is InChI=1S/C11H16BrN3O3S/c1-7-4-8(12)9(13)5-10(7)19(17,18)14-6-11(16)15(2)3/h4-5,14H,6,13H2,1-3H3. The largest absolute Gasteiger partial charge is 0.398 e. The molecule has 0 atom stereocenters. The Balaban J connectivity index is 3.01. The molecule has 3 N–H and O–H groups in total. The molecular weight excluding hydrogens is 334 g/mol. The van der Waals surface area contributed by atoms with E-state index in [0.29, 0.717) is 15.7 Å². The van der Waals surface area contributed by atoms with Crippen molar-refractivity contribution in [2.24, 2.45) is 0 Å². The van der Waals surface area contributed by atoms with Crippen LogP contribution in [0.15, 0.2) is 21.5 Å². The van der Waals surface area contributed by atoms with E-state index in [1.807, 2.05) is 0 Å². The molecule has 0 aliphatic carbocycles. The van der Waals surface area contributed by atoms with Crippen molar-refractivity contribution in [1.29, 1.82) is 0 Å². The first-order valence-corrected chi connectivity index (χ1v) is 7.68. The van der Waals surface area contributed by atoms with Crippen LogP contribution < -0.4 is 10.5 Å². The molecule has 0 bridgehead atoms. The molecule has 0 aliphatic rings. The molecule has 1 rings (SSSR count). The highest BCUT2D eigenvalue weighted by molar-refractivity contribution is 9.10. The molecule has 19 heavy (non-hydrogen) atoms. The number of amides is 1. The summed E-state index contributed by atoms with van der Waals surface area (Å²) in [6, 6.07) is 2.99. The lowest BCUT2D eigenvalue weighted by molar-refractivity contribution is -0.127. The van der Waals surface area contributed by atoms with Crippen LogP contribution in [-0.2, 0) is 14.8 Å². The molecule has 0 fully saturated rings. The molecule has 6 nitrogen and oxygen atoms in total. The molecular formula is C11H16BrN3O3S. The maximum atomic E-state index is 12.1. The third-order valence-corrected chi connectivity index (χ3v) is 4.73. The van der Waals surface area contributed by atoms with E-state index in [4.69, 9.17) is 5.73 Å². The van der Waals surface area contributed by atoms with Crippen LogP contribution >= 0.6 is 15.9 Å². The second-order valence-electron chi connectivity index (χ2n) is 4.25. The molecule has 8 heteroatoms. The van der Waals surface area contributed by atoms with Gasteiger partial charge in [-0.05, 0) is 40.5 Å². The maximum absolute atomic E-state index is 12.1. The number of carbonyl (C=O) groups excluding carboxylic acids is 1. The van der Waals surface area contributed by atoms with Crippen LogP contribution in [0.1, 0.15) is 5.56 Å². The summed E-state index contributed by atoms with van der Waals surface area (Å²) in [5, 5.41) is 0. The molecule has 0 aliphatic heterocycles. The summed E-state index contributed by atoms with van der Waals surface area (Å²) in [4.78, 5) is 12.8. The Morgan fingerprint density at radius 1 is 1.42 bits per heavy atom. The van der Waals surface area contributed by atoms with Crippen LogP contribution in [0.3, 0.4) is 0 Å². The quantitative estimate of drug-likeness (QED) is 0.782. The first-order valence-electron chi connectivity index (χ1n) is 5.40. The Labute approximate surface area is 121 Å². The van der Waals surface area contributed by atoms with Crippen molar-refractivity contribution in [2.75, 3.05) is 26.4 Å². The van der Waals surface area contributed by atoms with E-state index in [9.17, 15) is 13.2 Å². The number of nitrogens with one attached hydrogen (secondary N) is 1. The Hall–Kier alpha value is -1.12. The van der Waals surface area contributed by atoms with E-state index in [0.717, 1.165) is 0 Å². The van der Waals surface area contributed by atoms with Crippen LogP contribution in [0.25, 0.3) is 0 Å². The zero-order valence-electron chi connectivity index (χ0n) is 10.9. The number of hydrogen-bond donors (Lipinski definition) is 2. The second-order valence-corrected chi connectivity index (χ2v) is 6.84. The minimum Gasteiger partial charge on any atom is -0.398 e. The summed E-state index contributed by atoms with van der Waals surface area (Å²) in [6.07, 6.45) is 0. The van der Waals surface area contributed by atoms with Gasteiger partial charge in [0.1, 0.15) is 0 Å². The highest BCUT2D eigenvalue weighted by atomic mass is 79.9. The van der Waals surface area contributed by atoms with E-state index < -0.39 is 10.0 Å². The zero-order valence-corrected chi connectivity index (χ0v) is 13.3. The van der Waals surface area contributed by atoms with Crippen molar-refractivity contribution in [3.05, 3.63) is 22.2 Å². The number of halogens is 1. The van der Waals surface area contributed by atoms with E-state index in [1.165, 1.54) is 11.0 Å². The molecule has 0 heterocycles. The number of benzene rings is 1. The number of sulfonamides is 1. The summed E-state index contributed by atoms with van der Waals surface area (Å²) in [5.74, 6) is -0.327. The third-order valence-electron chi connectivity index (χ3n) is 2.50. The highest BCUT2D eigenvalue weighted by Crippen LogP contribution is 2.26. The average Bonchev–Trinajstić information content (AvgIpc) is 2.30. The first-order chi connectivity index (χ1) is 8.65. The lowest BCUT2D eigenvalue weighted by Crippen LogP contribution is -2.36. The molecule has 1 amide bonds. The Bertz CT molecular complexity index is 599. The van der Waals surface area contributed by atoms with Gasteiger partial charge >= 0.3 is 0 Å². The fraction of sp³-hybridized carbons (Fsp3) is 0.364. The van der Waals surface area contributed by atoms with Gasteiger partial charge < -0.3 is 10.6 Å². The monoisotopic (exact) mass is 349 g/mol. The zero-order chi connectivity index (χ0) is 14.8. The van der Waals surface area contributed by atoms with Crippen molar-refractivity contribution in [1.82, 2.24) is 9.62 Å². The predicted molar refractivity (Wildman–Crippen MR) is 77.2 cm³/mol. The fourth-order valence-corrected chi connectivity index (χ4v) is 3.04. The molecule has 1 aromatic rings. The molecule has 106 valence electrons. The van der Waals surface area contributed by atoms with Crippen molar-refractivity contribution < 1.29 is 13.2 Å². The van der Waals surface area contributed by atoms with Crippen LogP contribution in [0.2, 0.25) is 0 Å². The van der Waals surface area contributed by atoms with Gasteiger partial charge in [-0.3, -0.25) is 4.79 Å². The minimum atomic E-state index is -3.76. The SMILES string of the molecule is Cc1cc(Br)c(N)cc1S(=O)(=O)NCC(=O)N(C)C. The number of likely N-dealkylation sites (N-methyl/N-ethyl adjacent to an activating group) is 1. The fourth-order valence-electron chi connectivity index (χ4n) is 1.35. The summed E-state index contributed by atoms with van der Waals surface area (Å²) >= 11 is 3.23. The highest BCUT2D eigenvalue weighted by Gasteiger charge is 2.19. The van der Waals surface area contributed by atoms with Gasteiger partial charge in [-0.1, -0.05) is 0 Å². The van der Waals surface area contributed by atoms with Crippen molar-refractivity contribution >= 4 is 37.5 Å². The molecule has 0 saturated heterocycles. The van der Waals surface area contributed by atoms with Gasteiger partial charge in [-0.25, -0.2) is 13.1 Å². The van der Waals surface area contributed by atoms with Crippen LogP contribution in [0, 0.1) is 6.92 Å². The van der Waals surface area contributed by atoms with Gasteiger partial charge in [0.15, 0.2) is 0 Å². The van der Waals surface area contributed by atoms with E-state index in [1.54, 1.807) is 27.1 Å². The van der Waals surface area contributed by atoms with Crippen molar-refractivity contribution in [3.63, 3.8) is 0 Å². The van der Waals surface area contributed by atoms with Gasteiger partial charge in [-0.2, -0.15) is 0 Å². The Morgan fingerprint density at radius 3 is 2.53 bits per heavy atom. The summed E-state index contributed by atoms with van der Waals surface area (Å²) in [5.41, 5.74) is 6.55. The molecule has 0 spiro atoms. The van der Waals surface area contributed by atoms with Gasteiger partial charge in [0.2, 0.25) is 15.9 Å². The number of nitrogens with zero attached hydrogens (tertiary/aromatic N) is 1. The minimum absolute atomic E-state index is 0.0692. The lowest BCUT2D eigenvalue weighted by Gasteiger charge is -2.13. The number of carbonyl (C=O) groups is 1. The Morgan fingerprint density at radius 2 is 2.00 bits per heavy atom. The number of rotatable bonds is 4. The average molecular weight is 350 g/mol. The predicted octanol–water partition coefficient (Wildman–Crippen LogP) is 0.706. The smallest absolute Gasteiger partial charge is 0.241 e. The maximum Gasteiger partial charge on any atom is 0.241 e. The number of hydrogen-bond acceptors (Lipinski definition) is 4. The molecule has 0 aromatic heterocycles. The lowest BCUT2D eigenvalue weighted by atomic mass is 10.2. The van der Waals surface area contributed by atoms with E-state index in [-0.39, 0.29) is 17.3 Å². The van der Waals surface area contributed by atoms with Gasteiger partial charge in [0.25, 0.3) is 0 Å². The second kappa shape index (κ2) is 5.89. The normalized spacial score (nSPS) is 11.4. The number of nitrogen functional groups attached to an aromatic ring is 1. The van der Waals surface area contributed by atoms with Crippen molar-refractivity contribution in [2.45, 2.75) is 11.8 Å². The van der Waals surface area contributed by atoms with Crippen LogP contribution in [0.5, 0.6) is 0 Å². The van der Waals surface area contributed by atoms with Crippen molar-refractivity contribution in [3.8, 4) is 0 Å². The summed E-state index contributed by atoms with van der Waals surface area (Å²) < 4.78 is 27.1. The third kappa shape index (κ3) is 3.92. The topological polar surface area (TPSA) is 92.5 Å². The van der Waals surface area contributed by atoms with E-state index in [2.05, 4.69) is 20.7 Å². The Kier molecular flexibility index (Phi) is 4.94. The van der Waals surface area contributed by atoms with E-state index >= 15 is 0 Å². The first kappa shape index (κ1) is 15.9. The number of nitrogens with two attached hydrogens (primary N) is 1. The summed E-state index contributed by atoms with van der Waals surface area (Å²) in [7, 11) is -0.647.